The summed E-state index contributed by atoms with van der Waals surface area (Å²) >= 11 is 0. The summed E-state index contributed by atoms with van der Waals surface area (Å²) < 4.78 is 10.2. The van der Waals surface area contributed by atoms with Crippen molar-refractivity contribution < 1.29 is 9.15 Å². The van der Waals surface area contributed by atoms with E-state index in [1.165, 1.54) is 12.3 Å². The molecular weight excluding hydrogens is 168 g/mol. The molecule has 0 N–H and O–H groups in total. The second-order valence-electron chi connectivity index (χ2n) is 2.38. The topological polar surface area (TPSA) is 39.4 Å². The Labute approximate surface area is 76.3 Å². The summed E-state index contributed by atoms with van der Waals surface area (Å²) in [6.45, 7) is 1.96. The van der Waals surface area contributed by atoms with Crippen LogP contribution in [0.5, 0.6) is 5.75 Å². The van der Waals surface area contributed by atoms with Crippen LogP contribution >= 0.6 is 0 Å². The van der Waals surface area contributed by atoms with Gasteiger partial charge in [-0.05, 0) is 0 Å². The van der Waals surface area contributed by atoms with Crippen molar-refractivity contribution in [3.05, 3.63) is 28.3 Å². The first-order valence-corrected chi connectivity index (χ1v) is 3.96. The Morgan fingerprint density at radius 3 is 3.08 bits per heavy atom. The van der Waals surface area contributed by atoms with Crippen LogP contribution in [0.25, 0.3) is 0 Å². The lowest BCUT2D eigenvalue weighted by Gasteiger charge is -2.04. The third kappa shape index (κ3) is 2.12. The third-order valence-electron chi connectivity index (χ3n) is 1.53. The lowest BCUT2D eigenvalue weighted by Crippen LogP contribution is -2.09. The van der Waals surface area contributed by atoms with E-state index in [0.717, 1.165) is 0 Å². The fourth-order valence-electron chi connectivity index (χ4n) is 0.954. The molecular formula is C10H10O3. The Hall–Kier alpha value is -1.69. The van der Waals surface area contributed by atoms with E-state index < -0.39 is 0 Å². The highest BCUT2D eigenvalue weighted by Crippen LogP contribution is 2.12. The minimum atomic E-state index is -0.196. The van der Waals surface area contributed by atoms with Gasteiger partial charge in [-0.2, -0.15) is 0 Å². The van der Waals surface area contributed by atoms with Gasteiger partial charge in [0, 0.05) is 12.5 Å². The Kier molecular flexibility index (Phi) is 3.15. The average molecular weight is 178 g/mol. The second kappa shape index (κ2) is 4.36. The number of hydrogen-bond acceptors (Lipinski definition) is 3. The van der Waals surface area contributed by atoms with Gasteiger partial charge in [0.2, 0.25) is 11.2 Å². The van der Waals surface area contributed by atoms with Gasteiger partial charge in [-0.3, -0.25) is 4.79 Å². The van der Waals surface area contributed by atoms with Crippen LogP contribution in [0.4, 0.5) is 0 Å². The molecule has 1 aromatic heterocycles. The maximum atomic E-state index is 11.3. The van der Waals surface area contributed by atoms with E-state index >= 15 is 0 Å². The summed E-state index contributed by atoms with van der Waals surface area (Å²) in [6.07, 6.45) is 6.97. The largest absolute Gasteiger partial charge is 0.473 e. The number of ether oxygens (including phenoxy) is 1. The minimum Gasteiger partial charge on any atom is -0.473 e. The van der Waals surface area contributed by atoms with E-state index in [4.69, 9.17) is 15.6 Å². The fourth-order valence-corrected chi connectivity index (χ4v) is 0.954. The molecule has 3 nitrogen and oxygen atoms in total. The Balaban J connectivity index is 3.02. The number of hydrogen-bond donors (Lipinski definition) is 0. The molecule has 3 heteroatoms. The van der Waals surface area contributed by atoms with Gasteiger partial charge in [0.15, 0.2) is 0 Å². The molecule has 1 rings (SSSR count). The monoisotopic (exact) mass is 178 g/mol. The van der Waals surface area contributed by atoms with Crippen molar-refractivity contribution in [2.75, 3.05) is 6.61 Å². The molecule has 0 radical (unpaired) electrons. The van der Waals surface area contributed by atoms with E-state index in [1.54, 1.807) is 0 Å². The van der Waals surface area contributed by atoms with Gasteiger partial charge in [-0.25, -0.2) is 0 Å². The molecule has 0 amide bonds. The summed E-state index contributed by atoms with van der Waals surface area (Å²) in [6, 6.07) is 1.31. The van der Waals surface area contributed by atoms with Crippen LogP contribution in [0, 0.1) is 12.3 Å². The molecule has 13 heavy (non-hydrogen) atoms. The SMILES string of the molecule is C#CCOc1c(CC)occc1=O. The quantitative estimate of drug-likeness (QED) is 0.653. The van der Waals surface area contributed by atoms with E-state index in [2.05, 4.69) is 5.92 Å². The predicted molar refractivity (Wildman–Crippen MR) is 48.7 cm³/mol. The number of rotatable bonds is 3. The summed E-state index contributed by atoms with van der Waals surface area (Å²) in [5.41, 5.74) is -0.196. The van der Waals surface area contributed by atoms with Crippen LogP contribution < -0.4 is 10.2 Å². The molecule has 0 fully saturated rings. The molecule has 0 bridgehead atoms. The maximum absolute atomic E-state index is 11.3. The van der Waals surface area contributed by atoms with Crippen LogP contribution in [0.15, 0.2) is 21.5 Å². The van der Waals surface area contributed by atoms with E-state index in [9.17, 15) is 4.79 Å². The zero-order valence-corrected chi connectivity index (χ0v) is 7.37. The summed E-state index contributed by atoms with van der Waals surface area (Å²) in [4.78, 5) is 11.3. The maximum Gasteiger partial charge on any atom is 0.227 e. The number of terminal acetylenes is 1. The molecule has 1 aromatic rings. The van der Waals surface area contributed by atoms with Gasteiger partial charge in [0.25, 0.3) is 0 Å². The van der Waals surface area contributed by atoms with E-state index in [0.29, 0.717) is 12.2 Å². The van der Waals surface area contributed by atoms with Crippen molar-refractivity contribution in [1.29, 1.82) is 0 Å². The van der Waals surface area contributed by atoms with Crippen molar-refractivity contribution in [3.63, 3.8) is 0 Å². The van der Waals surface area contributed by atoms with E-state index in [-0.39, 0.29) is 17.8 Å². The van der Waals surface area contributed by atoms with E-state index in [1.807, 2.05) is 6.92 Å². The molecule has 0 aliphatic rings. The molecule has 0 saturated heterocycles. The van der Waals surface area contributed by atoms with Crippen molar-refractivity contribution in [2.45, 2.75) is 13.3 Å². The molecule has 0 aliphatic heterocycles. The van der Waals surface area contributed by atoms with Crippen LogP contribution in [0.3, 0.4) is 0 Å². The zero-order chi connectivity index (χ0) is 9.68. The predicted octanol–water partition coefficient (Wildman–Crippen LogP) is 1.21. The average Bonchev–Trinajstić information content (AvgIpc) is 2.15. The molecule has 0 spiro atoms. The van der Waals surface area contributed by atoms with Crippen LogP contribution in [0.1, 0.15) is 12.7 Å². The van der Waals surface area contributed by atoms with Gasteiger partial charge in [0.1, 0.15) is 12.4 Å². The zero-order valence-electron chi connectivity index (χ0n) is 7.37. The van der Waals surface area contributed by atoms with Crippen molar-refractivity contribution >= 4 is 0 Å². The van der Waals surface area contributed by atoms with Gasteiger partial charge in [-0.1, -0.05) is 12.8 Å². The summed E-state index contributed by atoms with van der Waals surface area (Å²) in [5, 5.41) is 0. The van der Waals surface area contributed by atoms with Crippen LogP contribution in [0.2, 0.25) is 0 Å². The molecule has 0 aromatic carbocycles. The lowest BCUT2D eigenvalue weighted by atomic mass is 10.3. The minimum absolute atomic E-state index is 0.0851. The van der Waals surface area contributed by atoms with Gasteiger partial charge in [-0.15, -0.1) is 6.42 Å². The van der Waals surface area contributed by atoms with Crippen LogP contribution in [-0.2, 0) is 6.42 Å². The second-order valence-corrected chi connectivity index (χ2v) is 2.38. The highest BCUT2D eigenvalue weighted by Gasteiger charge is 2.07. The molecule has 0 atom stereocenters. The summed E-state index contributed by atoms with van der Waals surface area (Å²) in [7, 11) is 0. The van der Waals surface area contributed by atoms with Gasteiger partial charge in [0.05, 0.1) is 6.26 Å². The molecule has 0 unspecified atom stereocenters. The summed E-state index contributed by atoms with van der Waals surface area (Å²) in [5.74, 6) is 3.05. The first-order chi connectivity index (χ1) is 6.29. The van der Waals surface area contributed by atoms with Crippen molar-refractivity contribution in [1.82, 2.24) is 0 Å². The standard InChI is InChI=1S/C10H10O3/c1-3-6-13-10-8(11)5-7-12-9(10)4-2/h1,5,7H,4,6H2,2H3. The van der Waals surface area contributed by atoms with Gasteiger partial charge >= 0.3 is 0 Å². The third-order valence-corrected chi connectivity index (χ3v) is 1.53. The highest BCUT2D eigenvalue weighted by molar-refractivity contribution is 5.24. The Bertz CT molecular complexity index is 370. The van der Waals surface area contributed by atoms with Crippen molar-refractivity contribution in [2.24, 2.45) is 0 Å². The molecule has 0 aliphatic carbocycles. The Morgan fingerprint density at radius 2 is 2.46 bits per heavy atom. The molecule has 0 saturated carbocycles. The fraction of sp³-hybridized carbons (Fsp3) is 0.300. The lowest BCUT2D eigenvalue weighted by molar-refractivity contribution is 0.336. The Morgan fingerprint density at radius 1 is 1.69 bits per heavy atom. The smallest absolute Gasteiger partial charge is 0.227 e. The molecule has 1 heterocycles. The number of aryl methyl sites for hydroxylation is 1. The normalized spacial score (nSPS) is 9.23. The van der Waals surface area contributed by atoms with Crippen molar-refractivity contribution in [3.8, 4) is 18.1 Å². The highest BCUT2D eigenvalue weighted by atomic mass is 16.5. The van der Waals surface area contributed by atoms with Gasteiger partial charge < -0.3 is 9.15 Å². The van der Waals surface area contributed by atoms with Crippen LogP contribution in [-0.4, -0.2) is 6.61 Å². The first kappa shape index (κ1) is 9.40. The molecule has 68 valence electrons. The first-order valence-electron chi connectivity index (χ1n) is 3.96.